The van der Waals surface area contributed by atoms with Crippen LogP contribution >= 0.6 is 0 Å². The molecular formula is H2MgNNaO3. The van der Waals surface area contributed by atoms with E-state index in [9.17, 15) is 0 Å². The SMILES string of the molecule is O=[N+]([O-])[O-].[H-].[H-].[Mg+2].[Na+]. The summed E-state index contributed by atoms with van der Waals surface area (Å²) in [5.74, 6) is 0. The fraction of sp³-hybridized carbons (Fsp3) is 0. The number of nitrogens with zero attached hydrogens (tertiary/aromatic N) is 1. The van der Waals surface area contributed by atoms with Crippen molar-refractivity contribution in [2.75, 3.05) is 0 Å². The molecule has 0 aromatic rings. The van der Waals surface area contributed by atoms with Gasteiger partial charge in [0.1, 0.15) is 0 Å². The quantitative estimate of drug-likeness (QED) is 0.186. The summed E-state index contributed by atoms with van der Waals surface area (Å²) in [5, 5.41) is 14.8. The number of rotatable bonds is 0. The van der Waals surface area contributed by atoms with Crippen molar-refractivity contribution in [1.82, 2.24) is 0 Å². The average Bonchev–Trinajstić information content (AvgIpc) is 0.811. The van der Waals surface area contributed by atoms with Gasteiger partial charge in [0, 0.05) is 0 Å². The molecule has 0 bridgehead atoms. The van der Waals surface area contributed by atoms with Gasteiger partial charge in [-0.05, 0) is 0 Å². The molecule has 0 saturated heterocycles. The topological polar surface area (TPSA) is 66.2 Å². The van der Waals surface area contributed by atoms with Crippen molar-refractivity contribution in [2.24, 2.45) is 0 Å². The largest absolute Gasteiger partial charge is 2.00 e. The summed E-state index contributed by atoms with van der Waals surface area (Å²) in [6.07, 6.45) is 0. The first-order valence-electron chi connectivity index (χ1n) is 0.548. The molecule has 0 rings (SSSR count). The third-order valence-electron chi connectivity index (χ3n) is 0. The van der Waals surface area contributed by atoms with Crippen LogP contribution in [0.25, 0.3) is 0 Å². The van der Waals surface area contributed by atoms with Gasteiger partial charge in [-0.3, -0.25) is 0 Å². The van der Waals surface area contributed by atoms with E-state index in [0.717, 1.165) is 0 Å². The van der Waals surface area contributed by atoms with Crippen LogP contribution < -0.4 is 29.6 Å². The fourth-order valence-corrected chi connectivity index (χ4v) is 0. The Balaban J connectivity index is -0.00000000750. The van der Waals surface area contributed by atoms with Crippen molar-refractivity contribution in [3.63, 3.8) is 0 Å². The maximum Gasteiger partial charge on any atom is 2.00 e. The van der Waals surface area contributed by atoms with Crippen LogP contribution in [0.5, 0.6) is 0 Å². The zero-order chi connectivity index (χ0) is 3.58. The van der Waals surface area contributed by atoms with Gasteiger partial charge in [0.2, 0.25) is 0 Å². The molecule has 0 unspecified atom stereocenters. The summed E-state index contributed by atoms with van der Waals surface area (Å²) in [6.45, 7) is 0. The van der Waals surface area contributed by atoms with Gasteiger partial charge in [0.05, 0.1) is 5.09 Å². The predicted octanol–water partition coefficient (Wildman–Crippen LogP) is -3.39. The molecule has 0 aliphatic rings. The standard InChI is InChI=1S/Mg.NO3.Na.2H/c;2-1(3)4;;;/q+2;-1;+1;2*-1. The third-order valence-corrected chi connectivity index (χ3v) is 0. The van der Waals surface area contributed by atoms with Gasteiger partial charge in [-0.1, -0.05) is 0 Å². The first-order valence-corrected chi connectivity index (χ1v) is 0.548. The van der Waals surface area contributed by atoms with Crippen LogP contribution in [-0.2, 0) is 0 Å². The minimum atomic E-state index is -1.75. The predicted molar refractivity (Wildman–Crippen MR) is 18.3 cm³/mol. The van der Waals surface area contributed by atoms with E-state index in [2.05, 4.69) is 0 Å². The molecule has 0 aliphatic heterocycles. The Labute approximate surface area is 75.4 Å². The molecular weight excluding hydrogens is 109 g/mol. The smallest absolute Gasteiger partial charge is 1.00 e. The van der Waals surface area contributed by atoms with Crippen LogP contribution in [0.15, 0.2) is 0 Å². The van der Waals surface area contributed by atoms with E-state index in [0.29, 0.717) is 0 Å². The average molecular weight is 111 g/mol. The van der Waals surface area contributed by atoms with Gasteiger partial charge in [-0.25, -0.2) is 0 Å². The minimum absolute atomic E-state index is 0. The zero-order valence-electron chi connectivity index (χ0n) is 5.38. The Hall–Kier alpha value is 0.966. The zero-order valence-corrected chi connectivity index (χ0v) is 6.79. The van der Waals surface area contributed by atoms with Crippen LogP contribution in [0.3, 0.4) is 0 Å². The van der Waals surface area contributed by atoms with Crippen molar-refractivity contribution in [2.45, 2.75) is 0 Å². The van der Waals surface area contributed by atoms with E-state index in [1.165, 1.54) is 0 Å². The number of hydrogen-bond acceptors (Lipinski definition) is 3. The van der Waals surface area contributed by atoms with Gasteiger partial charge >= 0.3 is 52.6 Å². The molecule has 0 atom stereocenters. The molecule has 0 aromatic carbocycles. The fourth-order valence-electron chi connectivity index (χ4n) is 0. The Kier molecular flexibility index (Phi) is 24.6. The summed E-state index contributed by atoms with van der Waals surface area (Å²) in [7, 11) is 0. The molecule has 0 spiro atoms. The van der Waals surface area contributed by atoms with Crippen molar-refractivity contribution < 1.29 is 37.5 Å². The van der Waals surface area contributed by atoms with Crippen molar-refractivity contribution >= 4 is 23.1 Å². The first kappa shape index (κ1) is 15.8. The van der Waals surface area contributed by atoms with Gasteiger partial charge in [-0.2, -0.15) is 0 Å². The van der Waals surface area contributed by atoms with Crippen LogP contribution in [0.2, 0.25) is 0 Å². The van der Waals surface area contributed by atoms with Gasteiger partial charge in [-0.15, -0.1) is 0 Å². The van der Waals surface area contributed by atoms with E-state index in [-0.39, 0.29) is 55.5 Å². The van der Waals surface area contributed by atoms with E-state index in [4.69, 9.17) is 15.3 Å². The Morgan fingerprint density at radius 3 is 1.50 bits per heavy atom. The maximum absolute atomic E-state index is 8.25. The summed E-state index contributed by atoms with van der Waals surface area (Å²) in [4.78, 5) is 8.25. The Morgan fingerprint density at radius 1 is 1.50 bits per heavy atom. The second-order valence-electron chi connectivity index (χ2n) is 0.224. The van der Waals surface area contributed by atoms with Gasteiger partial charge < -0.3 is 18.2 Å². The molecule has 0 heterocycles. The normalized spacial score (nSPS) is 4.00. The molecule has 4 nitrogen and oxygen atoms in total. The first-order chi connectivity index (χ1) is 1.73. The van der Waals surface area contributed by atoms with Crippen molar-refractivity contribution in [3.8, 4) is 0 Å². The molecule has 0 N–H and O–H groups in total. The summed E-state index contributed by atoms with van der Waals surface area (Å²) in [6, 6.07) is 0. The van der Waals surface area contributed by atoms with Crippen LogP contribution in [0, 0.1) is 15.3 Å². The second kappa shape index (κ2) is 9.35. The molecule has 6 heteroatoms. The van der Waals surface area contributed by atoms with E-state index in [1.807, 2.05) is 0 Å². The number of hydrogen-bond donors (Lipinski definition) is 0. The van der Waals surface area contributed by atoms with Crippen LogP contribution in [-0.4, -0.2) is 28.1 Å². The summed E-state index contributed by atoms with van der Waals surface area (Å²) >= 11 is 0. The molecule has 0 aliphatic carbocycles. The third kappa shape index (κ3) is 83.7. The van der Waals surface area contributed by atoms with E-state index >= 15 is 0 Å². The molecule has 0 saturated carbocycles. The second-order valence-corrected chi connectivity index (χ2v) is 0.224. The summed E-state index contributed by atoms with van der Waals surface area (Å²) < 4.78 is 0. The molecule has 28 valence electrons. The molecule has 0 fully saturated rings. The van der Waals surface area contributed by atoms with E-state index < -0.39 is 5.09 Å². The van der Waals surface area contributed by atoms with Crippen molar-refractivity contribution in [1.29, 1.82) is 0 Å². The summed E-state index contributed by atoms with van der Waals surface area (Å²) in [5.41, 5.74) is 0. The Bertz CT molecular complexity index is 40.3. The van der Waals surface area contributed by atoms with Gasteiger partial charge in [0.15, 0.2) is 0 Å². The van der Waals surface area contributed by atoms with Gasteiger partial charge in [0.25, 0.3) is 0 Å². The monoisotopic (exact) mass is 111 g/mol. The maximum atomic E-state index is 8.25. The van der Waals surface area contributed by atoms with E-state index in [1.54, 1.807) is 0 Å². The molecule has 0 aromatic heterocycles. The van der Waals surface area contributed by atoms with Crippen molar-refractivity contribution in [3.05, 3.63) is 15.3 Å². The molecule has 0 radical (unpaired) electrons. The minimum Gasteiger partial charge on any atom is -1.00 e. The molecule has 6 heavy (non-hydrogen) atoms. The Morgan fingerprint density at radius 2 is 1.50 bits per heavy atom. The van der Waals surface area contributed by atoms with Crippen LogP contribution in [0.1, 0.15) is 2.85 Å². The molecule has 0 amide bonds. The van der Waals surface area contributed by atoms with Crippen LogP contribution in [0.4, 0.5) is 0 Å².